The van der Waals surface area contributed by atoms with Crippen molar-refractivity contribution in [1.82, 2.24) is 0 Å². The molecule has 4 nitrogen and oxygen atoms in total. The minimum absolute atomic E-state index is 0.160. The highest BCUT2D eigenvalue weighted by Gasteiger charge is 2.28. The molecule has 4 heteroatoms. The van der Waals surface area contributed by atoms with Crippen LogP contribution >= 0.6 is 0 Å². The molecule has 1 aliphatic heterocycles. The Morgan fingerprint density at radius 2 is 1.94 bits per heavy atom. The molecule has 1 aliphatic carbocycles. The van der Waals surface area contributed by atoms with Gasteiger partial charge in [0.25, 0.3) is 0 Å². The average Bonchev–Trinajstić information content (AvgIpc) is 2.33. The van der Waals surface area contributed by atoms with Crippen molar-refractivity contribution in [2.24, 2.45) is 0 Å². The molecule has 0 N–H and O–H groups in total. The molecular weight excluding hydrogens is 232 g/mol. The first-order valence-corrected chi connectivity index (χ1v) is 6.81. The second kappa shape index (κ2) is 6.34. The Morgan fingerprint density at radius 1 is 1.22 bits per heavy atom. The van der Waals surface area contributed by atoms with Gasteiger partial charge in [0.1, 0.15) is 6.10 Å². The van der Waals surface area contributed by atoms with Gasteiger partial charge in [-0.25, -0.2) is 0 Å². The average molecular weight is 254 g/mol. The molecule has 0 bridgehead atoms. The second-order valence-corrected chi connectivity index (χ2v) is 5.06. The van der Waals surface area contributed by atoms with E-state index in [1.807, 2.05) is 19.1 Å². The van der Waals surface area contributed by atoms with Crippen LogP contribution in [0.3, 0.4) is 0 Å². The number of carbonyl (C=O) groups is 1. The van der Waals surface area contributed by atoms with E-state index in [-0.39, 0.29) is 24.5 Å². The molecule has 3 atom stereocenters. The topological polar surface area (TPSA) is 44.8 Å². The number of hydrogen-bond acceptors (Lipinski definition) is 4. The van der Waals surface area contributed by atoms with Crippen molar-refractivity contribution >= 4 is 5.97 Å². The van der Waals surface area contributed by atoms with Gasteiger partial charge in [0.05, 0.1) is 12.2 Å². The molecule has 0 radical (unpaired) electrons. The molecule has 2 aliphatic rings. The van der Waals surface area contributed by atoms with Crippen molar-refractivity contribution in [1.29, 1.82) is 0 Å². The molecule has 0 aromatic heterocycles. The molecule has 0 amide bonds. The molecular formula is C14H22O4. The van der Waals surface area contributed by atoms with E-state index < -0.39 is 0 Å². The molecule has 1 fully saturated rings. The smallest absolute Gasteiger partial charge is 0.303 e. The zero-order chi connectivity index (χ0) is 13.0. The van der Waals surface area contributed by atoms with Gasteiger partial charge < -0.3 is 14.2 Å². The Kier molecular flexibility index (Phi) is 4.78. The summed E-state index contributed by atoms with van der Waals surface area (Å²) in [5, 5.41) is 0. The van der Waals surface area contributed by atoms with Gasteiger partial charge in [-0.1, -0.05) is 19.3 Å². The van der Waals surface area contributed by atoms with Crippen LogP contribution in [0.1, 0.15) is 46.0 Å². The fourth-order valence-corrected chi connectivity index (χ4v) is 2.49. The predicted octanol–water partition coefficient (Wildman–Crippen LogP) is 2.57. The SMILES string of the molecule is CC(=O)O[C@@H]1C=C[C@@H](OC2CCCCC2)O[C@H]1C. The first kappa shape index (κ1) is 13.6. The molecule has 0 spiro atoms. The molecule has 102 valence electrons. The summed E-state index contributed by atoms with van der Waals surface area (Å²) in [4.78, 5) is 10.9. The first-order chi connectivity index (χ1) is 8.65. The van der Waals surface area contributed by atoms with Crippen LogP contribution in [0.2, 0.25) is 0 Å². The van der Waals surface area contributed by atoms with Crippen molar-refractivity contribution < 1.29 is 19.0 Å². The van der Waals surface area contributed by atoms with Gasteiger partial charge in [-0.05, 0) is 31.9 Å². The Labute approximate surface area is 108 Å². The van der Waals surface area contributed by atoms with Gasteiger partial charge in [-0.3, -0.25) is 4.79 Å². The number of esters is 1. The summed E-state index contributed by atoms with van der Waals surface area (Å²) < 4.78 is 16.8. The van der Waals surface area contributed by atoms with E-state index in [9.17, 15) is 4.79 Å². The fourth-order valence-electron chi connectivity index (χ4n) is 2.49. The lowest BCUT2D eigenvalue weighted by Gasteiger charge is -2.32. The maximum Gasteiger partial charge on any atom is 0.303 e. The third-order valence-electron chi connectivity index (χ3n) is 3.45. The lowest BCUT2D eigenvalue weighted by molar-refractivity contribution is -0.198. The first-order valence-electron chi connectivity index (χ1n) is 6.81. The Balaban J connectivity index is 1.83. The Morgan fingerprint density at radius 3 is 2.56 bits per heavy atom. The lowest BCUT2D eigenvalue weighted by Crippen LogP contribution is -2.38. The van der Waals surface area contributed by atoms with Crippen molar-refractivity contribution in [2.45, 2.75) is 70.6 Å². The summed E-state index contributed by atoms with van der Waals surface area (Å²) in [6.45, 7) is 3.31. The number of rotatable bonds is 3. The van der Waals surface area contributed by atoms with Gasteiger partial charge in [0.15, 0.2) is 6.29 Å². The molecule has 0 saturated heterocycles. The van der Waals surface area contributed by atoms with Crippen LogP contribution in [0.5, 0.6) is 0 Å². The predicted molar refractivity (Wildman–Crippen MR) is 67.0 cm³/mol. The lowest BCUT2D eigenvalue weighted by atomic mass is 9.98. The van der Waals surface area contributed by atoms with Crippen LogP contribution in [-0.2, 0) is 19.0 Å². The second-order valence-electron chi connectivity index (χ2n) is 5.06. The van der Waals surface area contributed by atoms with Crippen LogP contribution in [-0.4, -0.2) is 30.6 Å². The highest BCUT2D eigenvalue weighted by Crippen LogP contribution is 2.24. The van der Waals surface area contributed by atoms with E-state index in [4.69, 9.17) is 14.2 Å². The number of hydrogen-bond donors (Lipinski definition) is 0. The van der Waals surface area contributed by atoms with E-state index in [0.717, 1.165) is 12.8 Å². The maximum absolute atomic E-state index is 10.9. The van der Waals surface area contributed by atoms with Crippen LogP contribution in [0.4, 0.5) is 0 Å². The van der Waals surface area contributed by atoms with Gasteiger partial charge in [-0.2, -0.15) is 0 Å². The molecule has 2 rings (SSSR count). The van der Waals surface area contributed by atoms with Gasteiger partial charge in [0, 0.05) is 6.92 Å². The molecule has 1 saturated carbocycles. The molecule has 0 unspecified atom stereocenters. The summed E-state index contributed by atoms with van der Waals surface area (Å²) >= 11 is 0. The van der Waals surface area contributed by atoms with Gasteiger partial charge >= 0.3 is 5.97 Å². The monoisotopic (exact) mass is 254 g/mol. The summed E-state index contributed by atoms with van der Waals surface area (Å²) in [5.41, 5.74) is 0. The van der Waals surface area contributed by atoms with E-state index in [1.54, 1.807) is 0 Å². The van der Waals surface area contributed by atoms with Crippen LogP contribution in [0, 0.1) is 0 Å². The third kappa shape index (κ3) is 3.82. The zero-order valence-corrected chi connectivity index (χ0v) is 11.1. The fraction of sp³-hybridized carbons (Fsp3) is 0.786. The van der Waals surface area contributed by atoms with Crippen LogP contribution < -0.4 is 0 Å². The molecule has 0 aromatic carbocycles. The zero-order valence-electron chi connectivity index (χ0n) is 11.1. The number of carbonyl (C=O) groups excluding carboxylic acids is 1. The normalized spacial score (nSPS) is 33.3. The van der Waals surface area contributed by atoms with Gasteiger partial charge in [0.2, 0.25) is 0 Å². The van der Waals surface area contributed by atoms with E-state index >= 15 is 0 Å². The quantitative estimate of drug-likeness (QED) is 0.573. The summed E-state index contributed by atoms with van der Waals surface area (Å²) in [5.74, 6) is -0.285. The van der Waals surface area contributed by atoms with E-state index in [1.165, 1.54) is 26.2 Å². The summed E-state index contributed by atoms with van der Waals surface area (Å²) in [6, 6.07) is 0. The summed E-state index contributed by atoms with van der Waals surface area (Å²) in [6.07, 6.45) is 9.31. The third-order valence-corrected chi connectivity index (χ3v) is 3.45. The standard InChI is InChI=1S/C14H22O4/c1-10-13(17-11(2)15)8-9-14(16-10)18-12-6-4-3-5-7-12/h8-10,12-14H,3-7H2,1-2H3/t10-,13+,14+/m0/s1. The van der Waals surface area contributed by atoms with E-state index in [2.05, 4.69) is 0 Å². The molecule has 0 aromatic rings. The van der Waals surface area contributed by atoms with Crippen molar-refractivity contribution in [2.75, 3.05) is 0 Å². The Hall–Kier alpha value is -0.870. The number of ether oxygens (including phenoxy) is 3. The minimum atomic E-state index is -0.297. The largest absolute Gasteiger partial charge is 0.456 e. The van der Waals surface area contributed by atoms with Crippen LogP contribution in [0.15, 0.2) is 12.2 Å². The van der Waals surface area contributed by atoms with Gasteiger partial charge in [-0.15, -0.1) is 0 Å². The van der Waals surface area contributed by atoms with Crippen molar-refractivity contribution in [3.63, 3.8) is 0 Å². The van der Waals surface area contributed by atoms with Crippen molar-refractivity contribution in [3.05, 3.63) is 12.2 Å². The highest BCUT2D eigenvalue weighted by molar-refractivity contribution is 5.66. The minimum Gasteiger partial charge on any atom is -0.456 e. The molecule has 18 heavy (non-hydrogen) atoms. The van der Waals surface area contributed by atoms with Crippen molar-refractivity contribution in [3.8, 4) is 0 Å². The van der Waals surface area contributed by atoms with Crippen LogP contribution in [0.25, 0.3) is 0 Å². The summed E-state index contributed by atoms with van der Waals surface area (Å²) in [7, 11) is 0. The Bertz CT molecular complexity index is 307. The van der Waals surface area contributed by atoms with E-state index in [0.29, 0.717) is 6.10 Å². The maximum atomic E-state index is 10.9. The highest BCUT2D eigenvalue weighted by atomic mass is 16.7. The molecule has 1 heterocycles.